The van der Waals surface area contributed by atoms with Crippen molar-refractivity contribution in [2.75, 3.05) is 6.61 Å². The summed E-state index contributed by atoms with van der Waals surface area (Å²) < 4.78 is 27.5. The molecule has 52 heavy (non-hydrogen) atoms. The summed E-state index contributed by atoms with van der Waals surface area (Å²) in [7, 11) is 0. The molecule has 3 aromatic rings. The van der Waals surface area contributed by atoms with Gasteiger partial charge in [-0.05, 0) is 82.7 Å². The lowest BCUT2D eigenvalue weighted by atomic mass is 9.98. The van der Waals surface area contributed by atoms with Gasteiger partial charge in [-0.3, -0.25) is 4.79 Å². The number of amides is 2. The Morgan fingerprint density at radius 2 is 1.23 bits per heavy atom. The number of hydrogen-bond donors (Lipinski definition) is 2. The highest BCUT2D eigenvalue weighted by Gasteiger charge is 2.36. The van der Waals surface area contributed by atoms with E-state index in [4.69, 9.17) is 23.7 Å². The molecular formula is C40H48N2O10. The third kappa shape index (κ3) is 11.6. The van der Waals surface area contributed by atoms with Crippen LogP contribution in [0, 0.1) is 0 Å². The molecule has 0 spiro atoms. The summed E-state index contributed by atoms with van der Waals surface area (Å²) in [4.78, 5) is 65.5. The molecular weight excluding hydrogens is 668 g/mol. The predicted molar refractivity (Wildman–Crippen MR) is 192 cm³/mol. The van der Waals surface area contributed by atoms with E-state index >= 15 is 0 Å². The summed E-state index contributed by atoms with van der Waals surface area (Å²) in [6, 6.07) is 21.8. The Hall–Kier alpha value is -5.39. The lowest BCUT2D eigenvalue weighted by Gasteiger charge is -2.27. The normalized spacial score (nSPS) is 14.1. The van der Waals surface area contributed by atoms with Gasteiger partial charge in [0, 0.05) is 12.3 Å². The van der Waals surface area contributed by atoms with Crippen LogP contribution < -0.4 is 10.6 Å². The fourth-order valence-electron chi connectivity index (χ4n) is 5.64. The van der Waals surface area contributed by atoms with Gasteiger partial charge in [0.15, 0.2) is 6.04 Å². The smallest absolute Gasteiger partial charge is 0.408 e. The summed E-state index contributed by atoms with van der Waals surface area (Å²) in [6.45, 7) is 11.4. The van der Waals surface area contributed by atoms with Crippen LogP contribution in [0.25, 0.3) is 11.1 Å². The van der Waals surface area contributed by atoms with Gasteiger partial charge >= 0.3 is 30.1 Å². The number of carbonyl (C=O) groups is 5. The average Bonchev–Trinajstić information content (AvgIpc) is 3.39. The van der Waals surface area contributed by atoms with Gasteiger partial charge in [-0.15, -0.1) is 0 Å². The van der Waals surface area contributed by atoms with Crippen molar-refractivity contribution in [3.63, 3.8) is 0 Å². The predicted octanol–water partition coefficient (Wildman–Crippen LogP) is 6.58. The number of ether oxygens (including phenoxy) is 5. The lowest BCUT2D eigenvalue weighted by molar-refractivity contribution is -0.160. The van der Waals surface area contributed by atoms with E-state index in [2.05, 4.69) is 10.6 Å². The molecule has 2 amide bonds. The van der Waals surface area contributed by atoms with E-state index in [0.717, 1.165) is 22.3 Å². The summed E-state index contributed by atoms with van der Waals surface area (Å²) >= 11 is 0. The molecule has 0 saturated heterocycles. The van der Waals surface area contributed by atoms with Crippen LogP contribution in [-0.4, -0.2) is 66.1 Å². The zero-order chi connectivity index (χ0) is 38.1. The monoisotopic (exact) mass is 716 g/mol. The van der Waals surface area contributed by atoms with Crippen molar-refractivity contribution in [2.45, 2.75) is 103 Å². The van der Waals surface area contributed by atoms with Crippen molar-refractivity contribution in [3.8, 4) is 11.1 Å². The minimum Gasteiger partial charge on any atom is -0.460 e. The Balaban J connectivity index is 1.48. The number of benzene rings is 3. The van der Waals surface area contributed by atoms with Crippen molar-refractivity contribution < 1.29 is 47.7 Å². The van der Waals surface area contributed by atoms with Crippen LogP contribution >= 0.6 is 0 Å². The number of nitrogens with one attached hydrogen (secondary N) is 2. The zero-order valence-corrected chi connectivity index (χ0v) is 30.7. The summed E-state index contributed by atoms with van der Waals surface area (Å²) in [5.41, 5.74) is 3.16. The lowest BCUT2D eigenvalue weighted by Crippen LogP contribution is -2.52. The second-order valence-corrected chi connectivity index (χ2v) is 14.5. The molecule has 3 aromatic carbocycles. The quantitative estimate of drug-likeness (QED) is 0.146. The molecule has 278 valence electrons. The van der Waals surface area contributed by atoms with Crippen LogP contribution in [-0.2, 0) is 44.7 Å². The molecule has 0 unspecified atom stereocenters. The third-order valence-corrected chi connectivity index (χ3v) is 7.90. The van der Waals surface area contributed by atoms with Gasteiger partial charge in [-0.2, -0.15) is 0 Å². The highest BCUT2D eigenvalue weighted by molar-refractivity contribution is 5.85. The number of fused-ring (bicyclic) bond motifs is 3. The first-order valence-electron chi connectivity index (χ1n) is 17.2. The molecule has 12 heteroatoms. The Labute approximate surface area is 304 Å². The fourth-order valence-corrected chi connectivity index (χ4v) is 5.64. The maximum absolute atomic E-state index is 13.7. The van der Waals surface area contributed by atoms with Gasteiger partial charge in [0.1, 0.15) is 36.6 Å². The van der Waals surface area contributed by atoms with Gasteiger partial charge in [-0.1, -0.05) is 78.9 Å². The third-order valence-electron chi connectivity index (χ3n) is 7.90. The Morgan fingerprint density at radius 3 is 1.81 bits per heavy atom. The number of hydrogen-bond acceptors (Lipinski definition) is 10. The molecule has 0 aliphatic heterocycles. The highest BCUT2D eigenvalue weighted by Crippen LogP contribution is 2.44. The van der Waals surface area contributed by atoms with Gasteiger partial charge in [0.05, 0.1) is 0 Å². The Bertz CT molecular complexity index is 1680. The fraction of sp³-hybridized carbons (Fsp3) is 0.425. The number of esters is 3. The van der Waals surface area contributed by atoms with Gasteiger partial charge in [0.25, 0.3) is 0 Å². The largest absolute Gasteiger partial charge is 0.460 e. The van der Waals surface area contributed by atoms with Crippen LogP contribution in [0.5, 0.6) is 0 Å². The average molecular weight is 717 g/mol. The maximum Gasteiger partial charge on any atom is 0.408 e. The van der Waals surface area contributed by atoms with E-state index in [0.29, 0.717) is 5.56 Å². The minimum absolute atomic E-state index is 0.0146. The first-order chi connectivity index (χ1) is 24.5. The molecule has 0 radical (unpaired) electrons. The zero-order valence-electron chi connectivity index (χ0n) is 30.7. The molecule has 2 N–H and O–H groups in total. The first kappa shape index (κ1) is 39.4. The molecule has 0 heterocycles. The van der Waals surface area contributed by atoms with E-state index in [-0.39, 0.29) is 32.0 Å². The molecule has 12 nitrogen and oxygen atoms in total. The molecule has 4 rings (SSSR count). The van der Waals surface area contributed by atoms with Crippen molar-refractivity contribution in [1.82, 2.24) is 10.6 Å². The molecule has 1 aliphatic rings. The van der Waals surface area contributed by atoms with Gasteiger partial charge < -0.3 is 34.3 Å². The first-order valence-corrected chi connectivity index (χ1v) is 17.2. The molecule has 3 atom stereocenters. The van der Waals surface area contributed by atoms with E-state index in [9.17, 15) is 24.0 Å². The molecule has 0 fully saturated rings. The molecule has 0 aromatic heterocycles. The molecule has 0 bridgehead atoms. The second kappa shape index (κ2) is 17.2. The van der Waals surface area contributed by atoms with Crippen LogP contribution in [0.3, 0.4) is 0 Å². The Kier molecular flexibility index (Phi) is 13.0. The van der Waals surface area contributed by atoms with E-state index in [1.165, 1.54) is 6.92 Å². The van der Waals surface area contributed by atoms with Crippen LogP contribution in [0.15, 0.2) is 78.9 Å². The number of rotatable bonds is 13. The second-order valence-electron chi connectivity index (χ2n) is 14.5. The van der Waals surface area contributed by atoms with Crippen molar-refractivity contribution >= 4 is 30.1 Å². The summed E-state index contributed by atoms with van der Waals surface area (Å²) in [6.07, 6.45) is -3.58. The van der Waals surface area contributed by atoms with Crippen LogP contribution in [0.4, 0.5) is 9.59 Å². The van der Waals surface area contributed by atoms with Crippen LogP contribution in [0.1, 0.15) is 83.9 Å². The minimum atomic E-state index is -1.48. The molecule has 0 saturated carbocycles. The van der Waals surface area contributed by atoms with Gasteiger partial charge in [-0.25, -0.2) is 19.2 Å². The Morgan fingerprint density at radius 1 is 0.673 bits per heavy atom. The standard InChI is InChI=1S/C40H48N2O10/c1-25(34(42-38(47)52-40(5,6)7)36(45)48-23-26-15-9-8-10-16-26)50-35(44)32(21-22-33(43)51-39(2,3)4)41-37(46)49-24-31-29-19-13-11-17-27(29)28-18-12-14-20-30(28)31/h8-20,25,31-32,34H,21-24H2,1-7H3,(H,41,46)(H,42,47)/t25-,32+,34+/m1/s1. The summed E-state index contributed by atoms with van der Waals surface area (Å²) in [5.74, 6) is -2.69. The maximum atomic E-state index is 13.7. The SMILES string of the molecule is C[C@@H](OC(=O)[C@H](CCC(=O)OC(C)(C)C)NC(=O)OCC1c2ccccc2-c2ccccc21)[C@H](NC(=O)OC(C)(C)C)C(=O)OCc1ccccc1. The number of carbonyl (C=O) groups excluding carboxylic acids is 5. The summed E-state index contributed by atoms with van der Waals surface area (Å²) in [5, 5.41) is 4.97. The van der Waals surface area contributed by atoms with E-state index < -0.39 is 59.5 Å². The van der Waals surface area contributed by atoms with Crippen molar-refractivity contribution in [2.24, 2.45) is 0 Å². The molecule has 1 aliphatic carbocycles. The topological polar surface area (TPSA) is 156 Å². The van der Waals surface area contributed by atoms with Crippen molar-refractivity contribution in [1.29, 1.82) is 0 Å². The van der Waals surface area contributed by atoms with Crippen molar-refractivity contribution in [3.05, 3.63) is 95.6 Å². The van der Waals surface area contributed by atoms with E-state index in [1.807, 2.05) is 54.6 Å². The van der Waals surface area contributed by atoms with E-state index in [1.54, 1.807) is 65.8 Å². The number of alkyl carbamates (subject to hydrolysis) is 2. The van der Waals surface area contributed by atoms with Crippen LogP contribution in [0.2, 0.25) is 0 Å². The highest BCUT2D eigenvalue weighted by atomic mass is 16.6. The van der Waals surface area contributed by atoms with Gasteiger partial charge in [0.2, 0.25) is 0 Å².